The third kappa shape index (κ3) is 1.81. The van der Waals surface area contributed by atoms with Gasteiger partial charge in [0.2, 0.25) is 5.88 Å². The van der Waals surface area contributed by atoms with Gasteiger partial charge >= 0.3 is 0 Å². The van der Waals surface area contributed by atoms with E-state index in [-0.39, 0.29) is 0 Å². The summed E-state index contributed by atoms with van der Waals surface area (Å²) in [6.45, 7) is 7.24. The molecule has 0 spiro atoms. The molecule has 0 N–H and O–H groups in total. The average Bonchev–Trinajstić information content (AvgIpc) is 2.18. The van der Waals surface area contributed by atoms with E-state index in [1.54, 1.807) is 6.20 Å². The van der Waals surface area contributed by atoms with Crippen LogP contribution in [0.3, 0.4) is 0 Å². The minimum atomic E-state index is 0.668. The van der Waals surface area contributed by atoms with Crippen LogP contribution in [0.25, 0.3) is 0 Å². The minimum Gasteiger partial charge on any atom is -0.474 e. The molecular formula is C11H16N2O. The summed E-state index contributed by atoms with van der Waals surface area (Å²) in [6, 6.07) is 4.03. The summed E-state index contributed by atoms with van der Waals surface area (Å²) in [5.74, 6) is 1.44. The molecule has 1 aliphatic heterocycles. The second-order valence-electron chi connectivity index (χ2n) is 4.02. The zero-order valence-electron chi connectivity index (χ0n) is 8.73. The molecule has 0 atom stereocenters. The van der Waals surface area contributed by atoms with Gasteiger partial charge in [-0.25, -0.2) is 4.98 Å². The van der Waals surface area contributed by atoms with E-state index in [9.17, 15) is 0 Å². The number of rotatable bonds is 2. The lowest BCUT2D eigenvalue weighted by Gasteiger charge is -2.31. The summed E-state index contributed by atoms with van der Waals surface area (Å²) < 4.78 is 5.48. The van der Waals surface area contributed by atoms with Crippen LogP contribution in [0.4, 0.5) is 5.69 Å². The molecule has 1 aromatic heterocycles. The Hall–Kier alpha value is -1.25. The predicted molar refractivity (Wildman–Crippen MR) is 56.8 cm³/mol. The summed E-state index contributed by atoms with van der Waals surface area (Å²) >= 11 is 0. The highest BCUT2D eigenvalue weighted by molar-refractivity contribution is 5.55. The first-order valence-electron chi connectivity index (χ1n) is 5.10. The molecule has 0 saturated carbocycles. The second kappa shape index (κ2) is 3.86. The lowest BCUT2D eigenvalue weighted by molar-refractivity contribution is 0.292. The van der Waals surface area contributed by atoms with Gasteiger partial charge in [-0.15, -0.1) is 0 Å². The van der Waals surface area contributed by atoms with Crippen LogP contribution in [0.5, 0.6) is 5.88 Å². The van der Waals surface area contributed by atoms with Crippen LogP contribution in [0.2, 0.25) is 0 Å². The smallest absolute Gasteiger partial charge is 0.237 e. The molecule has 76 valence electrons. The van der Waals surface area contributed by atoms with Crippen molar-refractivity contribution in [2.24, 2.45) is 5.92 Å². The topological polar surface area (TPSA) is 25.4 Å². The number of fused-ring (bicyclic) bond motifs is 1. The maximum atomic E-state index is 5.48. The van der Waals surface area contributed by atoms with E-state index >= 15 is 0 Å². The Morgan fingerprint density at radius 2 is 2.43 bits per heavy atom. The van der Waals surface area contributed by atoms with Crippen LogP contribution >= 0.6 is 0 Å². The predicted octanol–water partition coefficient (Wildman–Crippen LogP) is 1.94. The largest absolute Gasteiger partial charge is 0.474 e. The Labute approximate surface area is 84.7 Å². The Morgan fingerprint density at radius 1 is 1.57 bits per heavy atom. The molecule has 0 fully saturated rings. The molecule has 2 heterocycles. The number of nitrogens with zero attached hydrogens (tertiary/aromatic N) is 2. The monoisotopic (exact) mass is 192 g/mol. The van der Waals surface area contributed by atoms with E-state index in [1.807, 2.05) is 6.07 Å². The summed E-state index contributed by atoms with van der Waals surface area (Å²) in [6.07, 6.45) is 1.78. The van der Waals surface area contributed by atoms with E-state index in [4.69, 9.17) is 4.74 Å². The number of hydrogen-bond acceptors (Lipinski definition) is 3. The highest BCUT2D eigenvalue weighted by Gasteiger charge is 2.18. The summed E-state index contributed by atoms with van der Waals surface area (Å²) in [5.41, 5.74) is 1.13. The fourth-order valence-electron chi connectivity index (χ4n) is 1.74. The van der Waals surface area contributed by atoms with E-state index in [0.717, 1.165) is 31.3 Å². The molecule has 0 radical (unpaired) electrons. The third-order valence-electron chi connectivity index (χ3n) is 2.28. The van der Waals surface area contributed by atoms with Crippen LogP contribution in [-0.4, -0.2) is 24.7 Å². The van der Waals surface area contributed by atoms with Crippen molar-refractivity contribution in [3.8, 4) is 5.88 Å². The van der Waals surface area contributed by atoms with Gasteiger partial charge in [-0.3, -0.25) is 0 Å². The van der Waals surface area contributed by atoms with Crippen molar-refractivity contribution in [3.05, 3.63) is 18.3 Å². The third-order valence-corrected chi connectivity index (χ3v) is 2.28. The van der Waals surface area contributed by atoms with Crippen LogP contribution in [0, 0.1) is 5.92 Å². The van der Waals surface area contributed by atoms with Crippen molar-refractivity contribution in [2.45, 2.75) is 13.8 Å². The molecule has 0 aliphatic carbocycles. The van der Waals surface area contributed by atoms with Crippen molar-refractivity contribution >= 4 is 5.69 Å². The highest BCUT2D eigenvalue weighted by atomic mass is 16.5. The van der Waals surface area contributed by atoms with Crippen LogP contribution < -0.4 is 9.64 Å². The number of pyridine rings is 1. The quantitative estimate of drug-likeness (QED) is 0.716. The maximum absolute atomic E-state index is 5.48. The van der Waals surface area contributed by atoms with E-state index in [2.05, 4.69) is 29.8 Å². The maximum Gasteiger partial charge on any atom is 0.237 e. The zero-order chi connectivity index (χ0) is 9.97. The van der Waals surface area contributed by atoms with Crippen LogP contribution in [0.1, 0.15) is 13.8 Å². The fourth-order valence-corrected chi connectivity index (χ4v) is 1.74. The van der Waals surface area contributed by atoms with Gasteiger partial charge in [0.25, 0.3) is 0 Å². The van der Waals surface area contributed by atoms with Gasteiger partial charge in [0.1, 0.15) is 6.61 Å². The van der Waals surface area contributed by atoms with Gasteiger partial charge < -0.3 is 9.64 Å². The molecule has 0 aromatic carbocycles. The summed E-state index contributed by atoms with van der Waals surface area (Å²) in [5, 5.41) is 0. The Bertz CT molecular complexity index is 312. The number of aromatic nitrogens is 1. The Kier molecular flexibility index (Phi) is 2.57. The molecule has 0 saturated heterocycles. The van der Waals surface area contributed by atoms with Crippen molar-refractivity contribution in [1.29, 1.82) is 0 Å². The molecule has 3 heteroatoms. The molecule has 3 nitrogen and oxygen atoms in total. The number of hydrogen-bond donors (Lipinski definition) is 0. The number of anilines is 1. The molecule has 14 heavy (non-hydrogen) atoms. The van der Waals surface area contributed by atoms with Gasteiger partial charge in [0.15, 0.2) is 0 Å². The Balaban J connectivity index is 2.22. The van der Waals surface area contributed by atoms with Gasteiger partial charge in [-0.05, 0) is 18.1 Å². The van der Waals surface area contributed by atoms with Gasteiger partial charge in [0.05, 0.1) is 12.2 Å². The normalized spacial score (nSPS) is 15.2. The van der Waals surface area contributed by atoms with Gasteiger partial charge in [0, 0.05) is 12.7 Å². The van der Waals surface area contributed by atoms with Gasteiger partial charge in [-0.2, -0.15) is 0 Å². The molecule has 2 rings (SSSR count). The second-order valence-corrected chi connectivity index (χ2v) is 4.02. The highest BCUT2D eigenvalue weighted by Crippen LogP contribution is 2.28. The van der Waals surface area contributed by atoms with Crippen LogP contribution in [0.15, 0.2) is 18.3 Å². The molecule has 0 unspecified atom stereocenters. The lowest BCUT2D eigenvalue weighted by Crippen LogP contribution is -2.35. The summed E-state index contributed by atoms with van der Waals surface area (Å²) in [4.78, 5) is 6.56. The SMILES string of the molecule is CC(C)CN1CCOc2ncccc21. The van der Waals surface area contributed by atoms with Crippen molar-refractivity contribution < 1.29 is 4.74 Å². The first-order valence-corrected chi connectivity index (χ1v) is 5.10. The molecule has 0 amide bonds. The van der Waals surface area contributed by atoms with E-state index in [1.165, 1.54) is 0 Å². The van der Waals surface area contributed by atoms with Crippen LogP contribution in [-0.2, 0) is 0 Å². The van der Waals surface area contributed by atoms with E-state index in [0.29, 0.717) is 5.92 Å². The number of ether oxygens (including phenoxy) is 1. The van der Waals surface area contributed by atoms with Gasteiger partial charge in [-0.1, -0.05) is 13.8 Å². The lowest BCUT2D eigenvalue weighted by atomic mass is 10.2. The Morgan fingerprint density at radius 3 is 3.21 bits per heavy atom. The first-order chi connectivity index (χ1) is 6.77. The average molecular weight is 192 g/mol. The molecular weight excluding hydrogens is 176 g/mol. The molecule has 1 aliphatic rings. The molecule has 0 bridgehead atoms. The fraction of sp³-hybridized carbons (Fsp3) is 0.545. The zero-order valence-corrected chi connectivity index (χ0v) is 8.73. The summed E-state index contributed by atoms with van der Waals surface area (Å²) in [7, 11) is 0. The van der Waals surface area contributed by atoms with Crippen molar-refractivity contribution in [2.75, 3.05) is 24.6 Å². The van der Waals surface area contributed by atoms with Crippen molar-refractivity contribution in [3.63, 3.8) is 0 Å². The van der Waals surface area contributed by atoms with E-state index < -0.39 is 0 Å². The first kappa shape index (κ1) is 9.31. The minimum absolute atomic E-state index is 0.668. The standard InChI is InChI=1S/C11H16N2O/c1-9(2)8-13-6-7-14-11-10(13)4-3-5-12-11/h3-5,9H,6-8H2,1-2H3. The van der Waals surface area contributed by atoms with Crippen molar-refractivity contribution in [1.82, 2.24) is 4.98 Å². The molecule has 1 aromatic rings.